The summed E-state index contributed by atoms with van der Waals surface area (Å²) in [6, 6.07) is 7.08. The number of carbonyl (C=O) groups is 4. The third kappa shape index (κ3) is 4.45. The van der Waals surface area contributed by atoms with Gasteiger partial charge in [-0.1, -0.05) is 44.5 Å². The van der Waals surface area contributed by atoms with Crippen LogP contribution in [0, 0.1) is 16.7 Å². The van der Waals surface area contributed by atoms with Crippen molar-refractivity contribution >= 4 is 51.6 Å². The Morgan fingerprint density at radius 3 is 2.56 bits per heavy atom. The van der Waals surface area contributed by atoms with Gasteiger partial charge in [0.25, 0.3) is 0 Å². The highest BCUT2D eigenvalue weighted by atomic mass is 35.5. The van der Waals surface area contributed by atoms with Gasteiger partial charge in [0, 0.05) is 34.8 Å². The summed E-state index contributed by atoms with van der Waals surface area (Å²) in [5.41, 5.74) is 0.816. The second-order valence-corrected chi connectivity index (χ2v) is 11.5. The van der Waals surface area contributed by atoms with Gasteiger partial charge >= 0.3 is 5.97 Å². The SMILES string of the molecule is CCOC(=O)c1c(-c2ccc(Cl)cc2)csc1NC(=O)CCCN1C(=O)C2CCC(C)(C1=O)C2(C)C. The van der Waals surface area contributed by atoms with Crippen molar-refractivity contribution in [3.63, 3.8) is 0 Å². The van der Waals surface area contributed by atoms with Crippen LogP contribution in [0.4, 0.5) is 5.00 Å². The summed E-state index contributed by atoms with van der Waals surface area (Å²) in [6.07, 6.45) is 1.88. The number of likely N-dealkylation sites (tertiary alicyclic amines) is 1. The largest absolute Gasteiger partial charge is 0.462 e. The molecule has 1 aromatic heterocycles. The Kier molecular flexibility index (Phi) is 7.30. The van der Waals surface area contributed by atoms with E-state index in [-0.39, 0.29) is 48.6 Å². The van der Waals surface area contributed by atoms with Crippen LogP contribution in [0.3, 0.4) is 0 Å². The smallest absolute Gasteiger partial charge is 0.341 e. The van der Waals surface area contributed by atoms with Crippen molar-refractivity contribution in [2.45, 2.75) is 53.4 Å². The number of benzene rings is 1. The molecule has 2 atom stereocenters. The summed E-state index contributed by atoms with van der Waals surface area (Å²) in [4.78, 5) is 53.1. The third-order valence-corrected chi connectivity index (χ3v) is 9.12. The van der Waals surface area contributed by atoms with Crippen LogP contribution < -0.4 is 5.32 Å². The van der Waals surface area contributed by atoms with Crippen LogP contribution in [0.5, 0.6) is 0 Å². The molecule has 4 rings (SSSR count). The van der Waals surface area contributed by atoms with Crippen LogP contribution in [-0.4, -0.2) is 41.7 Å². The fraction of sp³-hybridized carbons (Fsp3) is 0.481. The molecule has 2 unspecified atom stereocenters. The highest BCUT2D eigenvalue weighted by Gasteiger charge is 2.64. The number of esters is 1. The van der Waals surface area contributed by atoms with E-state index >= 15 is 0 Å². The van der Waals surface area contributed by atoms with Crippen LogP contribution in [0.25, 0.3) is 11.1 Å². The second kappa shape index (κ2) is 9.98. The second-order valence-electron chi connectivity index (χ2n) is 10.2. The van der Waals surface area contributed by atoms with Crippen molar-refractivity contribution in [3.8, 4) is 11.1 Å². The lowest BCUT2D eigenvalue weighted by Gasteiger charge is -2.47. The monoisotopic (exact) mass is 530 g/mol. The molecule has 0 radical (unpaired) electrons. The topological polar surface area (TPSA) is 92.8 Å². The van der Waals surface area contributed by atoms with E-state index in [4.69, 9.17) is 16.3 Å². The number of hydrogen-bond acceptors (Lipinski definition) is 6. The number of thiophene rings is 1. The van der Waals surface area contributed by atoms with Gasteiger partial charge in [-0.15, -0.1) is 11.3 Å². The number of amides is 3. The van der Waals surface area contributed by atoms with Crippen molar-refractivity contribution < 1.29 is 23.9 Å². The number of carbonyl (C=O) groups excluding carboxylic acids is 4. The first-order chi connectivity index (χ1) is 17.0. The summed E-state index contributed by atoms with van der Waals surface area (Å²) in [5, 5.41) is 5.61. The number of halogens is 1. The summed E-state index contributed by atoms with van der Waals surface area (Å²) in [6.45, 7) is 8.10. The predicted molar refractivity (Wildman–Crippen MR) is 140 cm³/mol. The lowest BCUT2D eigenvalue weighted by atomic mass is 9.62. The molecule has 2 bridgehead atoms. The number of hydrogen-bond donors (Lipinski definition) is 1. The Labute approximate surface area is 220 Å². The van der Waals surface area contributed by atoms with E-state index in [0.717, 1.165) is 12.0 Å². The zero-order chi connectivity index (χ0) is 26.3. The molecular formula is C27H31ClN2O5S. The van der Waals surface area contributed by atoms with Crippen molar-refractivity contribution in [1.82, 2.24) is 4.90 Å². The minimum Gasteiger partial charge on any atom is -0.462 e. The molecule has 2 fully saturated rings. The minimum atomic E-state index is -0.558. The highest BCUT2D eigenvalue weighted by molar-refractivity contribution is 7.15. The molecule has 1 N–H and O–H groups in total. The summed E-state index contributed by atoms with van der Waals surface area (Å²) >= 11 is 7.24. The number of nitrogens with one attached hydrogen (secondary N) is 1. The molecule has 0 spiro atoms. The van der Waals surface area contributed by atoms with E-state index in [1.807, 2.05) is 20.8 Å². The molecule has 1 aromatic carbocycles. The van der Waals surface area contributed by atoms with Gasteiger partial charge in [-0.05, 0) is 49.3 Å². The molecule has 1 saturated carbocycles. The minimum absolute atomic E-state index is 0.109. The van der Waals surface area contributed by atoms with Crippen molar-refractivity contribution in [2.24, 2.45) is 16.7 Å². The number of nitrogens with zero attached hydrogens (tertiary/aromatic N) is 1. The zero-order valence-electron chi connectivity index (χ0n) is 21.0. The summed E-state index contributed by atoms with van der Waals surface area (Å²) in [5.74, 6) is -1.25. The molecule has 9 heteroatoms. The molecule has 192 valence electrons. The number of imide groups is 1. The summed E-state index contributed by atoms with van der Waals surface area (Å²) < 4.78 is 5.24. The number of rotatable bonds is 8. The van der Waals surface area contributed by atoms with E-state index in [2.05, 4.69) is 5.32 Å². The van der Waals surface area contributed by atoms with E-state index in [1.54, 1.807) is 36.6 Å². The van der Waals surface area contributed by atoms with Crippen LogP contribution in [0.2, 0.25) is 5.02 Å². The lowest BCUT2D eigenvalue weighted by Crippen LogP contribution is -2.59. The summed E-state index contributed by atoms with van der Waals surface area (Å²) in [7, 11) is 0. The molecule has 1 saturated heterocycles. The highest BCUT2D eigenvalue weighted by Crippen LogP contribution is 2.60. The Morgan fingerprint density at radius 2 is 1.89 bits per heavy atom. The van der Waals surface area contributed by atoms with Crippen LogP contribution in [0.15, 0.2) is 29.6 Å². The third-order valence-electron chi connectivity index (χ3n) is 7.97. The Hall–Kier alpha value is -2.71. The van der Waals surface area contributed by atoms with Crippen molar-refractivity contribution in [3.05, 3.63) is 40.2 Å². The average molecular weight is 531 g/mol. The average Bonchev–Trinajstić information content (AvgIpc) is 3.31. The van der Waals surface area contributed by atoms with Crippen LogP contribution in [0.1, 0.15) is 63.7 Å². The molecule has 2 heterocycles. The van der Waals surface area contributed by atoms with Gasteiger partial charge in [-0.2, -0.15) is 0 Å². The maximum absolute atomic E-state index is 13.2. The maximum atomic E-state index is 13.2. The van der Waals surface area contributed by atoms with Gasteiger partial charge in [-0.25, -0.2) is 4.79 Å². The number of piperidine rings is 1. The van der Waals surface area contributed by atoms with Crippen LogP contribution >= 0.6 is 22.9 Å². The van der Waals surface area contributed by atoms with E-state index in [9.17, 15) is 19.2 Å². The van der Waals surface area contributed by atoms with E-state index < -0.39 is 11.4 Å². The molecule has 2 aliphatic rings. The molecule has 1 aliphatic carbocycles. The van der Waals surface area contributed by atoms with Gasteiger partial charge in [0.05, 0.1) is 12.0 Å². The standard InChI is InChI=1S/C27H31ClN2O5S/c1-5-35-24(33)21-18(16-8-10-17(28)11-9-16)15-36-22(21)29-20(31)7-6-14-30-23(32)19-12-13-27(4,25(30)34)26(19,2)3/h8-11,15,19H,5-7,12-14H2,1-4H3,(H,29,31). The first kappa shape index (κ1) is 26.4. The van der Waals surface area contributed by atoms with Crippen molar-refractivity contribution in [2.75, 3.05) is 18.5 Å². The van der Waals surface area contributed by atoms with Gasteiger partial charge in [-0.3, -0.25) is 19.3 Å². The Morgan fingerprint density at radius 1 is 1.19 bits per heavy atom. The fourth-order valence-electron chi connectivity index (χ4n) is 5.40. The van der Waals surface area contributed by atoms with Gasteiger partial charge in [0.15, 0.2) is 0 Å². The molecule has 36 heavy (non-hydrogen) atoms. The predicted octanol–water partition coefficient (Wildman–Crippen LogP) is 5.78. The molecule has 1 aliphatic heterocycles. The Bertz CT molecular complexity index is 1210. The normalized spacial score (nSPS) is 22.6. The van der Waals surface area contributed by atoms with E-state index in [0.29, 0.717) is 34.0 Å². The molecule has 7 nitrogen and oxygen atoms in total. The van der Waals surface area contributed by atoms with Gasteiger partial charge in [0.1, 0.15) is 10.6 Å². The molecule has 3 amide bonds. The van der Waals surface area contributed by atoms with Crippen LogP contribution in [-0.2, 0) is 19.1 Å². The first-order valence-corrected chi connectivity index (χ1v) is 13.5. The quantitative estimate of drug-likeness (QED) is 0.345. The lowest BCUT2D eigenvalue weighted by molar-refractivity contribution is -0.168. The first-order valence-electron chi connectivity index (χ1n) is 12.2. The van der Waals surface area contributed by atoms with Gasteiger partial charge in [0.2, 0.25) is 17.7 Å². The number of ether oxygens (including phenoxy) is 1. The van der Waals surface area contributed by atoms with Gasteiger partial charge < -0.3 is 10.1 Å². The molecular weight excluding hydrogens is 500 g/mol. The zero-order valence-corrected chi connectivity index (χ0v) is 22.6. The maximum Gasteiger partial charge on any atom is 0.341 e. The van der Waals surface area contributed by atoms with Crippen molar-refractivity contribution in [1.29, 1.82) is 0 Å². The number of fused-ring (bicyclic) bond motifs is 2. The van der Waals surface area contributed by atoms with E-state index in [1.165, 1.54) is 16.2 Å². The Balaban J connectivity index is 1.43. The number of anilines is 1. The fourth-order valence-corrected chi connectivity index (χ4v) is 6.50. The molecule has 2 aromatic rings.